The van der Waals surface area contributed by atoms with E-state index in [-0.39, 0.29) is 18.0 Å². The standard InChI is InChI=1S/C14H16F3N3O3/c15-14(16,17)10-1-2-11(12(8-10)20(22)23)19-5-3-9(4-6-19)7-13(18)21/h1-2,8-9H,3-7H2,(H2,18,21). The molecule has 126 valence electrons. The molecule has 1 amide bonds. The summed E-state index contributed by atoms with van der Waals surface area (Å²) in [6.07, 6.45) is -3.15. The number of primary amides is 1. The molecule has 0 aliphatic carbocycles. The summed E-state index contributed by atoms with van der Waals surface area (Å²) < 4.78 is 38.1. The number of hydrogen-bond donors (Lipinski definition) is 1. The fourth-order valence-electron chi connectivity index (χ4n) is 2.78. The summed E-state index contributed by atoms with van der Waals surface area (Å²) in [5, 5.41) is 11.1. The molecule has 9 heteroatoms. The van der Waals surface area contributed by atoms with Crippen molar-refractivity contribution >= 4 is 17.3 Å². The van der Waals surface area contributed by atoms with Crippen molar-refractivity contribution in [3.63, 3.8) is 0 Å². The molecule has 2 N–H and O–H groups in total. The number of anilines is 1. The predicted molar refractivity (Wildman–Crippen MR) is 76.8 cm³/mol. The Balaban J connectivity index is 2.20. The summed E-state index contributed by atoms with van der Waals surface area (Å²) in [7, 11) is 0. The average Bonchev–Trinajstić information content (AvgIpc) is 2.46. The molecule has 0 unspecified atom stereocenters. The average molecular weight is 331 g/mol. The first-order valence-corrected chi connectivity index (χ1v) is 7.07. The van der Waals surface area contributed by atoms with Crippen molar-refractivity contribution in [2.75, 3.05) is 18.0 Å². The second kappa shape index (κ2) is 6.43. The number of nitro groups is 1. The molecule has 1 fully saturated rings. The molecular weight excluding hydrogens is 315 g/mol. The SMILES string of the molecule is NC(=O)CC1CCN(c2ccc(C(F)(F)F)cc2[N+](=O)[O-])CC1. The van der Waals surface area contributed by atoms with Crippen LogP contribution in [0.5, 0.6) is 0 Å². The lowest BCUT2D eigenvalue weighted by atomic mass is 9.93. The number of nitro benzene ring substituents is 1. The van der Waals surface area contributed by atoms with E-state index in [4.69, 9.17) is 5.73 Å². The summed E-state index contributed by atoms with van der Waals surface area (Å²) in [5.74, 6) is -0.291. The lowest BCUT2D eigenvalue weighted by molar-refractivity contribution is -0.384. The number of nitrogens with two attached hydrogens (primary N) is 1. The zero-order chi connectivity index (χ0) is 17.2. The molecule has 1 heterocycles. The smallest absolute Gasteiger partial charge is 0.370 e. The molecule has 1 saturated heterocycles. The van der Waals surface area contributed by atoms with E-state index in [2.05, 4.69) is 0 Å². The maximum atomic E-state index is 12.7. The highest BCUT2D eigenvalue weighted by Gasteiger charge is 2.34. The number of piperidine rings is 1. The van der Waals surface area contributed by atoms with Gasteiger partial charge in [-0.05, 0) is 30.9 Å². The van der Waals surface area contributed by atoms with E-state index < -0.39 is 28.3 Å². The normalized spacial score (nSPS) is 16.4. The van der Waals surface area contributed by atoms with Gasteiger partial charge in [-0.25, -0.2) is 0 Å². The van der Waals surface area contributed by atoms with Crippen LogP contribution in [-0.4, -0.2) is 23.9 Å². The molecule has 0 spiro atoms. The fourth-order valence-corrected chi connectivity index (χ4v) is 2.78. The lowest BCUT2D eigenvalue weighted by Gasteiger charge is -2.33. The van der Waals surface area contributed by atoms with E-state index >= 15 is 0 Å². The number of hydrogen-bond acceptors (Lipinski definition) is 4. The highest BCUT2D eigenvalue weighted by molar-refractivity contribution is 5.74. The van der Waals surface area contributed by atoms with E-state index in [1.807, 2.05) is 0 Å². The minimum atomic E-state index is -4.63. The highest BCUT2D eigenvalue weighted by Crippen LogP contribution is 2.37. The number of nitrogens with zero attached hydrogens (tertiary/aromatic N) is 2. The van der Waals surface area contributed by atoms with Crippen molar-refractivity contribution in [2.45, 2.75) is 25.4 Å². The number of rotatable bonds is 4. The molecule has 23 heavy (non-hydrogen) atoms. The lowest BCUT2D eigenvalue weighted by Crippen LogP contribution is -2.35. The summed E-state index contributed by atoms with van der Waals surface area (Å²) in [6.45, 7) is 0.869. The molecule has 2 rings (SSSR count). The second-order valence-electron chi connectivity index (χ2n) is 5.56. The van der Waals surface area contributed by atoms with E-state index in [1.165, 1.54) is 0 Å². The van der Waals surface area contributed by atoms with E-state index in [0.29, 0.717) is 32.0 Å². The third-order valence-corrected chi connectivity index (χ3v) is 3.94. The van der Waals surface area contributed by atoms with Crippen LogP contribution >= 0.6 is 0 Å². The Morgan fingerprint density at radius 1 is 1.35 bits per heavy atom. The van der Waals surface area contributed by atoms with Crippen LogP contribution in [0.2, 0.25) is 0 Å². The Morgan fingerprint density at radius 3 is 2.43 bits per heavy atom. The third-order valence-electron chi connectivity index (χ3n) is 3.94. The van der Waals surface area contributed by atoms with Crippen LogP contribution in [0.25, 0.3) is 0 Å². The quantitative estimate of drug-likeness (QED) is 0.678. The van der Waals surface area contributed by atoms with Crippen LogP contribution in [0, 0.1) is 16.0 Å². The fraction of sp³-hybridized carbons (Fsp3) is 0.500. The molecule has 0 bridgehead atoms. The van der Waals surface area contributed by atoms with E-state index in [0.717, 1.165) is 12.1 Å². The van der Waals surface area contributed by atoms with Gasteiger partial charge in [0.2, 0.25) is 5.91 Å². The van der Waals surface area contributed by atoms with Crippen LogP contribution in [0.4, 0.5) is 24.5 Å². The van der Waals surface area contributed by atoms with Gasteiger partial charge in [0.15, 0.2) is 0 Å². The van der Waals surface area contributed by atoms with Gasteiger partial charge in [-0.1, -0.05) is 0 Å². The van der Waals surface area contributed by atoms with Crippen molar-refractivity contribution in [1.29, 1.82) is 0 Å². The number of carbonyl (C=O) groups excluding carboxylic acids is 1. The van der Waals surface area contributed by atoms with Crippen molar-refractivity contribution in [3.05, 3.63) is 33.9 Å². The monoisotopic (exact) mass is 331 g/mol. The van der Waals surface area contributed by atoms with Gasteiger partial charge in [-0.15, -0.1) is 0 Å². The molecule has 6 nitrogen and oxygen atoms in total. The first kappa shape index (κ1) is 17.0. The minimum absolute atomic E-state index is 0.109. The van der Waals surface area contributed by atoms with Gasteiger partial charge in [0, 0.05) is 25.6 Å². The summed E-state index contributed by atoms with van der Waals surface area (Å²) in [6, 6.07) is 2.54. The molecular formula is C14H16F3N3O3. The van der Waals surface area contributed by atoms with Gasteiger partial charge in [0.1, 0.15) is 5.69 Å². The Morgan fingerprint density at radius 2 is 1.96 bits per heavy atom. The first-order valence-electron chi connectivity index (χ1n) is 7.07. The molecule has 0 saturated carbocycles. The Hall–Kier alpha value is -2.32. The molecule has 0 atom stereocenters. The zero-order valence-corrected chi connectivity index (χ0v) is 12.2. The van der Waals surface area contributed by atoms with Crippen molar-refractivity contribution in [1.82, 2.24) is 0 Å². The number of halogens is 3. The predicted octanol–water partition coefficient (Wildman–Crippen LogP) is 2.71. The molecule has 1 aromatic rings. The Labute approximate surface area is 130 Å². The van der Waals surface area contributed by atoms with Gasteiger partial charge in [-0.2, -0.15) is 13.2 Å². The van der Waals surface area contributed by atoms with E-state index in [9.17, 15) is 28.1 Å². The Bertz CT molecular complexity index is 611. The van der Waals surface area contributed by atoms with Crippen LogP contribution in [-0.2, 0) is 11.0 Å². The van der Waals surface area contributed by atoms with Crippen molar-refractivity contribution in [3.8, 4) is 0 Å². The highest BCUT2D eigenvalue weighted by atomic mass is 19.4. The van der Waals surface area contributed by atoms with Crippen LogP contribution in [0.3, 0.4) is 0 Å². The maximum absolute atomic E-state index is 12.7. The molecule has 1 aliphatic heterocycles. The van der Waals surface area contributed by atoms with E-state index in [1.54, 1.807) is 4.90 Å². The zero-order valence-electron chi connectivity index (χ0n) is 12.2. The van der Waals surface area contributed by atoms with Gasteiger partial charge in [0.05, 0.1) is 10.5 Å². The van der Waals surface area contributed by atoms with Crippen molar-refractivity contribution in [2.24, 2.45) is 11.7 Å². The number of amides is 1. The van der Waals surface area contributed by atoms with Gasteiger partial charge in [0.25, 0.3) is 5.69 Å². The molecule has 0 radical (unpaired) electrons. The van der Waals surface area contributed by atoms with Crippen LogP contribution in [0.1, 0.15) is 24.8 Å². The van der Waals surface area contributed by atoms with Crippen LogP contribution in [0.15, 0.2) is 18.2 Å². The van der Waals surface area contributed by atoms with Crippen molar-refractivity contribution < 1.29 is 22.9 Å². The summed E-state index contributed by atoms with van der Waals surface area (Å²) in [5.41, 5.74) is 3.70. The molecule has 0 aromatic heterocycles. The largest absolute Gasteiger partial charge is 0.416 e. The number of carbonyl (C=O) groups is 1. The Kier molecular flexibility index (Phi) is 4.76. The number of benzene rings is 1. The first-order chi connectivity index (χ1) is 10.7. The minimum Gasteiger partial charge on any atom is -0.370 e. The van der Waals surface area contributed by atoms with Gasteiger partial charge >= 0.3 is 6.18 Å². The summed E-state index contributed by atoms with van der Waals surface area (Å²) >= 11 is 0. The molecule has 1 aliphatic rings. The topological polar surface area (TPSA) is 89.5 Å². The van der Waals surface area contributed by atoms with Gasteiger partial charge in [-0.3, -0.25) is 14.9 Å². The van der Waals surface area contributed by atoms with Gasteiger partial charge < -0.3 is 10.6 Å². The number of alkyl halides is 3. The summed E-state index contributed by atoms with van der Waals surface area (Å²) in [4.78, 5) is 22.9. The maximum Gasteiger partial charge on any atom is 0.416 e. The second-order valence-corrected chi connectivity index (χ2v) is 5.56. The van der Waals surface area contributed by atoms with Crippen LogP contribution < -0.4 is 10.6 Å². The third kappa shape index (κ3) is 4.11. The molecule has 1 aromatic carbocycles.